The van der Waals surface area contributed by atoms with Crippen LogP contribution in [0.1, 0.15) is 5.56 Å². The van der Waals surface area contributed by atoms with E-state index in [4.69, 9.17) is 4.74 Å². The molecule has 0 unspecified atom stereocenters. The second-order valence-electron chi connectivity index (χ2n) is 4.53. The zero-order chi connectivity index (χ0) is 16.5. The summed E-state index contributed by atoms with van der Waals surface area (Å²) in [7, 11) is 0. The lowest BCUT2D eigenvalue weighted by Crippen LogP contribution is -2.14. The molecule has 1 nitrogen and oxygen atoms in total. The molecule has 0 aliphatic heterocycles. The number of thioether (sulfide) groups is 1. The highest BCUT2D eigenvalue weighted by molar-refractivity contribution is 8.02. The first-order valence-electron chi connectivity index (χ1n) is 6.89. The number of allylic oxidation sites excluding steroid dienone is 1. The molecular formula is C18H15F3OS. The van der Waals surface area contributed by atoms with E-state index in [9.17, 15) is 13.2 Å². The van der Waals surface area contributed by atoms with Crippen molar-refractivity contribution in [1.82, 2.24) is 0 Å². The zero-order valence-electron chi connectivity index (χ0n) is 12.2. The topological polar surface area (TPSA) is 9.23 Å². The average molecular weight is 336 g/mol. The summed E-state index contributed by atoms with van der Waals surface area (Å²) in [6.45, 7) is -0.143. The SMILES string of the molecule is FC(F)(F)/C(=C\Sc1ccccc1)OC/C=C/c1ccccc1. The van der Waals surface area contributed by atoms with Gasteiger partial charge in [-0.1, -0.05) is 66.4 Å². The Labute approximate surface area is 137 Å². The predicted octanol–water partition coefficient (Wildman–Crippen LogP) is 5.91. The van der Waals surface area contributed by atoms with Crippen LogP contribution in [0, 0.1) is 0 Å². The Bertz CT molecular complexity index is 649. The Hall–Kier alpha value is -2.14. The molecule has 2 aromatic carbocycles. The van der Waals surface area contributed by atoms with Crippen molar-refractivity contribution in [2.45, 2.75) is 11.1 Å². The highest BCUT2D eigenvalue weighted by Gasteiger charge is 2.35. The first kappa shape index (κ1) is 17.2. The number of alkyl halides is 3. The summed E-state index contributed by atoms with van der Waals surface area (Å²) >= 11 is 0.979. The number of hydrogen-bond acceptors (Lipinski definition) is 2. The van der Waals surface area contributed by atoms with E-state index in [2.05, 4.69) is 0 Å². The maximum absolute atomic E-state index is 12.9. The third-order valence-electron chi connectivity index (χ3n) is 2.77. The molecule has 5 heteroatoms. The lowest BCUT2D eigenvalue weighted by atomic mass is 10.2. The van der Waals surface area contributed by atoms with Gasteiger partial charge in [-0.15, -0.1) is 0 Å². The minimum atomic E-state index is -4.51. The van der Waals surface area contributed by atoms with Crippen LogP contribution in [0.25, 0.3) is 6.08 Å². The fourth-order valence-electron chi connectivity index (χ4n) is 1.69. The molecule has 0 amide bonds. The van der Waals surface area contributed by atoms with Crippen molar-refractivity contribution in [2.24, 2.45) is 0 Å². The van der Waals surface area contributed by atoms with Gasteiger partial charge in [0.15, 0.2) is 0 Å². The van der Waals surface area contributed by atoms with Gasteiger partial charge < -0.3 is 4.74 Å². The van der Waals surface area contributed by atoms with E-state index < -0.39 is 11.9 Å². The standard InChI is InChI=1S/C18H15F3OS/c19-18(20,21)17(14-23-16-11-5-2-6-12-16)22-13-7-10-15-8-3-1-4-9-15/h1-12,14H,13H2/b10-7+,17-14+. The van der Waals surface area contributed by atoms with E-state index in [1.165, 1.54) is 0 Å². The Morgan fingerprint density at radius 1 is 0.957 bits per heavy atom. The molecule has 0 heterocycles. The smallest absolute Gasteiger partial charge is 0.449 e. The number of hydrogen-bond donors (Lipinski definition) is 0. The second-order valence-corrected chi connectivity index (χ2v) is 5.48. The van der Waals surface area contributed by atoms with Crippen LogP contribution < -0.4 is 0 Å². The lowest BCUT2D eigenvalue weighted by molar-refractivity contribution is -0.128. The Kier molecular flexibility index (Phi) is 6.35. The van der Waals surface area contributed by atoms with Gasteiger partial charge in [0.2, 0.25) is 5.76 Å². The number of ether oxygens (including phenoxy) is 1. The summed E-state index contributed by atoms with van der Waals surface area (Å²) < 4.78 is 43.7. The molecule has 0 aliphatic rings. The normalized spacial score (nSPS) is 12.6. The van der Waals surface area contributed by atoms with Crippen molar-refractivity contribution in [3.05, 3.63) is 83.5 Å². The molecule has 2 rings (SSSR count). The van der Waals surface area contributed by atoms with Crippen LogP contribution in [0.5, 0.6) is 0 Å². The molecule has 0 bridgehead atoms. The van der Waals surface area contributed by atoms with E-state index in [1.807, 2.05) is 36.4 Å². The predicted molar refractivity (Wildman–Crippen MR) is 87.9 cm³/mol. The van der Waals surface area contributed by atoms with E-state index in [0.29, 0.717) is 0 Å². The first-order valence-corrected chi connectivity index (χ1v) is 7.77. The Balaban J connectivity index is 1.95. The van der Waals surface area contributed by atoms with Crippen molar-refractivity contribution in [3.63, 3.8) is 0 Å². The third kappa shape index (κ3) is 6.24. The minimum Gasteiger partial charge on any atom is -0.484 e. The summed E-state index contributed by atoms with van der Waals surface area (Å²) in [5, 5.41) is 0.992. The molecular weight excluding hydrogens is 321 g/mol. The van der Waals surface area contributed by atoms with Crippen molar-refractivity contribution in [2.75, 3.05) is 6.61 Å². The van der Waals surface area contributed by atoms with Gasteiger partial charge in [-0.25, -0.2) is 0 Å². The molecule has 0 aliphatic carbocycles. The summed E-state index contributed by atoms with van der Waals surface area (Å²) in [5.41, 5.74) is 0.910. The highest BCUT2D eigenvalue weighted by atomic mass is 32.2. The molecule has 0 atom stereocenters. The first-order chi connectivity index (χ1) is 11.1. The summed E-state index contributed by atoms with van der Waals surface area (Å²) in [6, 6.07) is 18.2. The van der Waals surface area contributed by atoms with Gasteiger partial charge in [0.1, 0.15) is 6.61 Å². The van der Waals surface area contributed by atoms with Gasteiger partial charge in [0, 0.05) is 10.3 Å². The van der Waals surface area contributed by atoms with E-state index in [0.717, 1.165) is 27.6 Å². The maximum Gasteiger partial charge on any atom is 0.449 e. The molecule has 0 aromatic heterocycles. The molecule has 2 aromatic rings. The zero-order valence-corrected chi connectivity index (χ0v) is 13.0. The third-order valence-corrected chi connectivity index (χ3v) is 3.65. The van der Waals surface area contributed by atoms with Crippen molar-refractivity contribution in [3.8, 4) is 0 Å². The Morgan fingerprint density at radius 3 is 2.17 bits per heavy atom. The maximum atomic E-state index is 12.9. The highest BCUT2D eigenvalue weighted by Crippen LogP contribution is 2.31. The minimum absolute atomic E-state index is 0.143. The molecule has 120 valence electrons. The molecule has 0 spiro atoms. The summed E-state index contributed by atoms with van der Waals surface area (Å²) in [5.74, 6) is -0.996. The van der Waals surface area contributed by atoms with Gasteiger partial charge in [0.05, 0.1) is 0 Å². The van der Waals surface area contributed by atoms with Crippen LogP contribution in [0.15, 0.2) is 82.8 Å². The number of benzene rings is 2. The van der Waals surface area contributed by atoms with Crippen LogP contribution >= 0.6 is 11.8 Å². The van der Waals surface area contributed by atoms with E-state index in [-0.39, 0.29) is 6.61 Å². The van der Waals surface area contributed by atoms with Crippen molar-refractivity contribution >= 4 is 17.8 Å². The Morgan fingerprint density at radius 2 is 1.57 bits per heavy atom. The fraction of sp³-hybridized carbons (Fsp3) is 0.111. The van der Waals surface area contributed by atoms with Crippen LogP contribution in [0.2, 0.25) is 0 Å². The molecule has 0 radical (unpaired) electrons. The lowest BCUT2D eigenvalue weighted by Gasteiger charge is -2.12. The van der Waals surface area contributed by atoms with E-state index in [1.54, 1.807) is 36.4 Å². The quantitative estimate of drug-likeness (QED) is 0.479. The summed E-state index contributed by atoms with van der Waals surface area (Å²) in [6.07, 6.45) is -1.23. The monoisotopic (exact) mass is 336 g/mol. The van der Waals surface area contributed by atoms with Crippen LogP contribution in [0.3, 0.4) is 0 Å². The fourth-order valence-corrected chi connectivity index (χ4v) is 2.45. The van der Waals surface area contributed by atoms with Gasteiger partial charge in [-0.2, -0.15) is 13.2 Å². The summed E-state index contributed by atoms with van der Waals surface area (Å²) in [4.78, 5) is 0.720. The van der Waals surface area contributed by atoms with Gasteiger partial charge in [-0.3, -0.25) is 0 Å². The molecule has 0 fully saturated rings. The van der Waals surface area contributed by atoms with Crippen LogP contribution in [-0.4, -0.2) is 12.8 Å². The van der Waals surface area contributed by atoms with Crippen molar-refractivity contribution < 1.29 is 17.9 Å². The van der Waals surface area contributed by atoms with Crippen LogP contribution in [0.4, 0.5) is 13.2 Å². The molecule has 0 saturated heterocycles. The van der Waals surface area contributed by atoms with Gasteiger partial charge in [-0.05, 0) is 23.8 Å². The molecule has 0 saturated carbocycles. The van der Waals surface area contributed by atoms with Crippen molar-refractivity contribution in [1.29, 1.82) is 0 Å². The van der Waals surface area contributed by atoms with Gasteiger partial charge in [0.25, 0.3) is 0 Å². The largest absolute Gasteiger partial charge is 0.484 e. The average Bonchev–Trinajstić information content (AvgIpc) is 2.55. The molecule has 23 heavy (non-hydrogen) atoms. The number of rotatable bonds is 6. The van der Waals surface area contributed by atoms with Gasteiger partial charge >= 0.3 is 6.18 Å². The number of halogens is 3. The van der Waals surface area contributed by atoms with E-state index >= 15 is 0 Å². The van der Waals surface area contributed by atoms with Crippen LogP contribution in [-0.2, 0) is 4.74 Å². The molecule has 0 N–H and O–H groups in total. The second kappa shape index (κ2) is 8.48.